The zero-order chi connectivity index (χ0) is 11.4. The van der Waals surface area contributed by atoms with Crippen molar-refractivity contribution in [1.29, 1.82) is 5.41 Å². The number of aromatic nitrogens is 1. The number of nitrogens with two attached hydrogens (primary N) is 2. The lowest BCUT2D eigenvalue weighted by Gasteiger charge is -2.08. The van der Waals surface area contributed by atoms with Crippen LogP contribution in [0.25, 0.3) is 0 Å². The van der Waals surface area contributed by atoms with Crippen LogP contribution in [0, 0.1) is 11.4 Å². The van der Waals surface area contributed by atoms with Crippen molar-refractivity contribution in [1.82, 2.24) is 4.98 Å². The molecule has 15 heavy (non-hydrogen) atoms. The molecule has 5 N–H and O–H groups in total. The second kappa shape index (κ2) is 4.36. The monoisotopic (exact) mass is 211 g/mol. The van der Waals surface area contributed by atoms with Crippen molar-refractivity contribution < 1.29 is 9.13 Å². The van der Waals surface area contributed by atoms with Crippen LogP contribution in [0.3, 0.4) is 0 Å². The van der Waals surface area contributed by atoms with E-state index < -0.39 is 5.95 Å². The fraction of sp³-hybridized carbons (Fsp3) is 0.125. The van der Waals surface area contributed by atoms with Gasteiger partial charge in [-0.05, 0) is 0 Å². The van der Waals surface area contributed by atoms with E-state index >= 15 is 0 Å². The van der Waals surface area contributed by atoms with E-state index in [1.165, 1.54) is 7.11 Å². The number of ether oxygens (including phenoxy) is 1. The smallest absolute Gasteiger partial charge is 0.215 e. The van der Waals surface area contributed by atoms with Crippen LogP contribution in [0.1, 0.15) is 5.56 Å². The highest BCUT2D eigenvalue weighted by atomic mass is 19.1. The second-order valence-corrected chi connectivity index (χ2v) is 2.60. The Balaban J connectivity index is 3.32. The van der Waals surface area contributed by atoms with Gasteiger partial charge < -0.3 is 16.3 Å². The van der Waals surface area contributed by atoms with Crippen molar-refractivity contribution in [3.63, 3.8) is 0 Å². The molecule has 0 radical (unpaired) electrons. The van der Waals surface area contributed by atoms with E-state index in [1.54, 1.807) is 0 Å². The molecule has 0 unspecified atom stereocenters. The SMILES string of the molecule is COc1c(C(=N)/C=N\N)cc(F)nc1N. The van der Waals surface area contributed by atoms with Gasteiger partial charge in [0.25, 0.3) is 0 Å². The number of hydrazone groups is 1. The van der Waals surface area contributed by atoms with Crippen molar-refractivity contribution >= 4 is 17.7 Å². The molecule has 1 aromatic heterocycles. The average molecular weight is 211 g/mol. The van der Waals surface area contributed by atoms with Crippen LogP contribution in [0.5, 0.6) is 5.75 Å². The molecule has 0 atom stereocenters. The number of rotatable bonds is 3. The van der Waals surface area contributed by atoms with Crippen molar-refractivity contribution in [3.8, 4) is 5.75 Å². The zero-order valence-electron chi connectivity index (χ0n) is 7.99. The summed E-state index contributed by atoms with van der Waals surface area (Å²) in [6.07, 6.45) is 1.05. The van der Waals surface area contributed by atoms with Gasteiger partial charge in [0.15, 0.2) is 11.6 Å². The van der Waals surface area contributed by atoms with Gasteiger partial charge in [0.2, 0.25) is 5.95 Å². The molecule has 0 spiro atoms. The van der Waals surface area contributed by atoms with Gasteiger partial charge in [-0.25, -0.2) is 0 Å². The van der Waals surface area contributed by atoms with Gasteiger partial charge >= 0.3 is 0 Å². The molecule has 0 aliphatic carbocycles. The third-order valence-electron chi connectivity index (χ3n) is 1.67. The van der Waals surface area contributed by atoms with Gasteiger partial charge in [0.1, 0.15) is 0 Å². The summed E-state index contributed by atoms with van der Waals surface area (Å²) in [5, 5.41) is 10.7. The molecule has 80 valence electrons. The van der Waals surface area contributed by atoms with E-state index in [2.05, 4.69) is 10.1 Å². The normalized spacial score (nSPS) is 10.5. The summed E-state index contributed by atoms with van der Waals surface area (Å²) in [7, 11) is 1.35. The van der Waals surface area contributed by atoms with Gasteiger partial charge in [-0.1, -0.05) is 0 Å². The molecule has 6 nitrogen and oxygen atoms in total. The topological polar surface area (TPSA) is 110 Å². The molecule has 0 aliphatic rings. The minimum atomic E-state index is -0.793. The van der Waals surface area contributed by atoms with Crippen LogP contribution in [0.15, 0.2) is 11.2 Å². The molecule has 0 aromatic carbocycles. The first-order valence-electron chi connectivity index (χ1n) is 3.92. The summed E-state index contributed by atoms with van der Waals surface area (Å²) in [5.74, 6) is 4.09. The van der Waals surface area contributed by atoms with Gasteiger partial charge in [-0.15, -0.1) is 0 Å². The Morgan fingerprint density at radius 2 is 2.40 bits per heavy atom. The maximum absolute atomic E-state index is 12.9. The van der Waals surface area contributed by atoms with Crippen LogP contribution in [-0.4, -0.2) is 24.0 Å². The first kappa shape index (κ1) is 10.9. The number of nitrogens with one attached hydrogen (secondary N) is 1. The van der Waals surface area contributed by atoms with Crippen molar-refractivity contribution in [2.45, 2.75) is 0 Å². The summed E-state index contributed by atoms with van der Waals surface area (Å²) in [4.78, 5) is 3.36. The van der Waals surface area contributed by atoms with Crippen molar-refractivity contribution in [2.24, 2.45) is 10.9 Å². The number of anilines is 1. The maximum atomic E-state index is 12.9. The predicted molar refractivity (Wildman–Crippen MR) is 54.7 cm³/mol. The molecule has 0 saturated carbocycles. The minimum Gasteiger partial charge on any atom is -0.492 e. The Morgan fingerprint density at radius 1 is 1.73 bits per heavy atom. The van der Waals surface area contributed by atoms with E-state index in [0.717, 1.165) is 12.3 Å². The van der Waals surface area contributed by atoms with Crippen LogP contribution < -0.4 is 16.3 Å². The number of hydrogen-bond acceptors (Lipinski definition) is 6. The molecule has 0 amide bonds. The fourth-order valence-electron chi connectivity index (χ4n) is 1.08. The lowest BCUT2D eigenvalue weighted by molar-refractivity contribution is 0.412. The standard InChI is InChI=1S/C8H10FN5O/c1-15-7-4(5(10)3-13-12)2-6(9)14-8(7)11/h2-3,10H,12H2,1H3,(H2,11,14)/b10-5?,13-3-. The molecular weight excluding hydrogens is 201 g/mol. The highest BCUT2D eigenvalue weighted by Crippen LogP contribution is 2.24. The van der Waals surface area contributed by atoms with Crippen LogP contribution in [-0.2, 0) is 0 Å². The summed E-state index contributed by atoms with van der Waals surface area (Å²) in [6.45, 7) is 0. The summed E-state index contributed by atoms with van der Waals surface area (Å²) in [5.41, 5.74) is 5.46. The number of nitrogen functional groups attached to an aromatic ring is 1. The summed E-state index contributed by atoms with van der Waals surface area (Å²) < 4.78 is 17.8. The molecule has 1 heterocycles. The Hall–Kier alpha value is -2.18. The van der Waals surface area contributed by atoms with Crippen LogP contribution in [0.4, 0.5) is 10.2 Å². The van der Waals surface area contributed by atoms with E-state index in [0.29, 0.717) is 0 Å². The number of halogens is 1. The van der Waals surface area contributed by atoms with Gasteiger partial charge in [-0.3, -0.25) is 5.41 Å². The Morgan fingerprint density at radius 3 is 2.93 bits per heavy atom. The zero-order valence-corrected chi connectivity index (χ0v) is 7.99. The van der Waals surface area contributed by atoms with E-state index in [4.69, 9.17) is 21.7 Å². The molecule has 0 aliphatic heterocycles. The first-order valence-corrected chi connectivity index (χ1v) is 3.92. The quantitative estimate of drug-likeness (QED) is 0.285. The summed E-state index contributed by atoms with van der Waals surface area (Å²) in [6, 6.07) is 1.03. The van der Waals surface area contributed by atoms with E-state index in [9.17, 15) is 4.39 Å². The Kier molecular flexibility index (Phi) is 3.17. The lowest BCUT2D eigenvalue weighted by Crippen LogP contribution is -2.09. The third-order valence-corrected chi connectivity index (χ3v) is 1.67. The van der Waals surface area contributed by atoms with Gasteiger partial charge in [-0.2, -0.15) is 14.5 Å². The van der Waals surface area contributed by atoms with Gasteiger partial charge in [0.05, 0.1) is 24.6 Å². The number of methoxy groups -OCH3 is 1. The molecule has 0 saturated heterocycles. The first-order chi connectivity index (χ1) is 7.10. The predicted octanol–water partition coefficient (Wildman–Crippen LogP) is 0.124. The molecular formula is C8H10FN5O. The van der Waals surface area contributed by atoms with E-state index in [-0.39, 0.29) is 22.8 Å². The minimum absolute atomic E-state index is 0.109. The molecule has 1 rings (SSSR count). The number of hydrogen-bond donors (Lipinski definition) is 3. The largest absolute Gasteiger partial charge is 0.492 e. The number of pyridine rings is 1. The Bertz CT molecular complexity index is 418. The number of nitrogens with zero attached hydrogens (tertiary/aromatic N) is 2. The molecule has 1 aromatic rings. The molecule has 0 bridgehead atoms. The second-order valence-electron chi connectivity index (χ2n) is 2.60. The van der Waals surface area contributed by atoms with Crippen molar-refractivity contribution in [2.75, 3.05) is 12.8 Å². The lowest BCUT2D eigenvalue weighted by atomic mass is 10.1. The van der Waals surface area contributed by atoms with E-state index in [1.807, 2.05) is 0 Å². The third kappa shape index (κ3) is 2.19. The Labute approximate surface area is 85.3 Å². The summed E-state index contributed by atoms with van der Waals surface area (Å²) >= 11 is 0. The van der Waals surface area contributed by atoms with Crippen LogP contribution in [0.2, 0.25) is 0 Å². The van der Waals surface area contributed by atoms with Gasteiger partial charge in [0, 0.05) is 6.07 Å². The van der Waals surface area contributed by atoms with Crippen molar-refractivity contribution in [3.05, 3.63) is 17.6 Å². The fourth-order valence-corrected chi connectivity index (χ4v) is 1.08. The molecule has 7 heteroatoms. The van der Waals surface area contributed by atoms with Crippen LogP contribution >= 0.6 is 0 Å². The maximum Gasteiger partial charge on any atom is 0.215 e. The average Bonchev–Trinajstić information content (AvgIpc) is 2.17. The highest BCUT2D eigenvalue weighted by molar-refractivity contribution is 6.37. The highest BCUT2D eigenvalue weighted by Gasteiger charge is 2.13. The molecule has 0 fully saturated rings.